The van der Waals surface area contributed by atoms with E-state index in [1.165, 1.54) is 34.4 Å². The molecule has 11 heteroatoms. The van der Waals surface area contributed by atoms with Gasteiger partial charge in [0.15, 0.2) is 0 Å². The lowest BCUT2D eigenvalue weighted by Gasteiger charge is -2.16. The maximum atomic E-state index is 12.2. The second-order valence-electron chi connectivity index (χ2n) is 6.02. The van der Waals surface area contributed by atoms with Gasteiger partial charge in [0, 0.05) is 17.9 Å². The van der Waals surface area contributed by atoms with E-state index in [9.17, 15) is 14.4 Å². The molecule has 1 amide bonds. The first kappa shape index (κ1) is 19.8. The van der Waals surface area contributed by atoms with E-state index >= 15 is 0 Å². The molecular formula is C17H19N5O5S. The lowest BCUT2D eigenvalue weighted by Crippen LogP contribution is -2.27. The first-order chi connectivity index (χ1) is 13.4. The number of ether oxygens (including phenoxy) is 2. The first-order valence-corrected chi connectivity index (χ1v) is 9.48. The molecule has 0 N–H and O–H groups in total. The average molecular weight is 405 g/mol. The van der Waals surface area contributed by atoms with Crippen molar-refractivity contribution in [3.8, 4) is 0 Å². The van der Waals surface area contributed by atoms with Crippen molar-refractivity contribution < 1.29 is 23.9 Å². The number of hydrogen-bond acceptors (Lipinski definition) is 9. The Hall–Kier alpha value is -2.95. The third-order valence-electron chi connectivity index (χ3n) is 3.91. The molecule has 148 valence electrons. The summed E-state index contributed by atoms with van der Waals surface area (Å²) in [6.45, 7) is 4.08. The highest BCUT2D eigenvalue weighted by Gasteiger charge is 2.27. The Morgan fingerprint density at radius 2 is 2.11 bits per heavy atom. The Kier molecular flexibility index (Phi) is 5.93. The number of methoxy groups -OCH3 is 1. The minimum atomic E-state index is -0.657. The van der Waals surface area contributed by atoms with E-state index in [2.05, 4.69) is 19.8 Å². The number of fused-ring (bicyclic) bond motifs is 1. The highest BCUT2D eigenvalue weighted by atomic mass is 32.2. The normalized spacial score (nSPS) is 15.5. The van der Waals surface area contributed by atoms with Crippen molar-refractivity contribution in [2.75, 3.05) is 26.0 Å². The quantitative estimate of drug-likeness (QED) is 0.392. The van der Waals surface area contributed by atoms with Crippen molar-refractivity contribution in [1.29, 1.82) is 0 Å². The molecule has 0 unspecified atom stereocenters. The minimum Gasteiger partial charge on any atom is -0.466 e. The largest absolute Gasteiger partial charge is 0.466 e. The molecular weight excluding hydrogens is 386 g/mol. The smallest absolute Gasteiger partial charge is 0.378 e. The Morgan fingerprint density at radius 3 is 2.86 bits per heavy atom. The summed E-state index contributed by atoms with van der Waals surface area (Å²) in [5.74, 6) is -0.757. The van der Waals surface area contributed by atoms with Crippen LogP contribution in [0, 0.1) is 13.8 Å². The predicted octanol–water partition coefficient (Wildman–Crippen LogP) is 0.878. The van der Waals surface area contributed by atoms with E-state index in [0.29, 0.717) is 23.8 Å². The van der Waals surface area contributed by atoms with Gasteiger partial charge in [0.1, 0.15) is 0 Å². The predicted molar refractivity (Wildman–Crippen MR) is 99.4 cm³/mol. The van der Waals surface area contributed by atoms with Crippen molar-refractivity contribution in [1.82, 2.24) is 24.5 Å². The van der Waals surface area contributed by atoms with Crippen LogP contribution in [0.5, 0.6) is 0 Å². The summed E-state index contributed by atoms with van der Waals surface area (Å²) < 4.78 is 11.3. The fourth-order valence-corrected chi connectivity index (χ4v) is 3.59. The summed E-state index contributed by atoms with van der Waals surface area (Å²) in [4.78, 5) is 45.3. The summed E-state index contributed by atoms with van der Waals surface area (Å²) in [5.41, 5.74) is 1.59. The molecule has 0 radical (unpaired) electrons. The number of hydrogen-bond donors (Lipinski definition) is 0. The van der Waals surface area contributed by atoms with E-state index in [0.717, 1.165) is 11.4 Å². The van der Waals surface area contributed by atoms with Gasteiger partial charge < -0.3 is 14.4 Å². The number of aromatic nitrogens is 4. The average Bonchev–Trinajstić information content (AvgIpc) is 3.23. The summed E-state index contributed by atoms with van der Waals surface area (Å²) in [6.07, 6.45) is 1.68. The van der Waals surface area contributed by atoms with Crippen LogP contribution in [0.25, 0.3) is 5.78 Å². The van der Waals surface area contributed by atoms with Gasteiger partial charge in [-0.05, 0) is 26.3 Å². The van der Waals surface area contributed by atoms with Crippen LogP contribution in [0.15, 0.2) is 17.2 Å². The van der Waals surface area contributed by atoms with E-state index in [4.69, 9.17) is 4.74 Å². The third kappa shape index (κ3) is 4.30. The monoisotopic (exact) mass is 405 g/mol. The molecule has 1 aliphatic heterocycles. The molecule has 0 aromatic carbocycles. The first-order valence-electron chi connectivity index (χ1n) is 8.50. The van der Waals surface area contributed by atoms with Gasteiger partial charge in [-0.2, -0.15) is 4.98 Å². The number of amides is 1. The summed E-state index contributed by atoms with van der Waals surface area (Å²) in [5, 5.41) is 4.65. The Bertz CT molecular complexity index is 970. The zero-order valence-corrected chi connectivity index (χ0v) is 16.5. The summed E-state index contributed by atoms with van der Waals surface area (Å²) in [6, 6.07) is 1.83. The van der Waals surface area contributed by atoms with Crippen LogP contribution in [0.1, 0.15) is 28.4 Å². The molecule has 2 aromatic heterocycles. The SMILES string of the molecule is COC(=O)/C=C1/SCC(=O)N1CCCOC(=O)c1nc2nc(C)cc(C)n2n1. The Morgan fingerprint density at radius 1 is 1.32 bits per heavy atom. The molecule has 1 saturated heterocycles. The minimum absolute atomic E-state index is 0.0692. The standard InChI is InChI=1S/C17H19N5O5S/c1-10-7-11(2)22-17(18-10)19-15(20-22)16(25)27-6-4-5-21-12(23)9-28-13(21)8-14(24)26-3/h7-8H,4-6,9H2,1-3H3/b13-8+. The zero-order chi connectivity index (χ0) is 20.3. The van der Waals surface area contributed by atoms with Crippen molar-refractivity contribution in [2.45, 2.75) is 20.3 Å². The van der Waals surface area contributed by atoms with Crippen molar-refractivity contribution in [2.24, 2.45) is 0 Å². The maximum Gasteiger partial charge on any atom is 0.378 e. The molecule has 10 nitrogen and oxygen atoms in total. The maximum absolute atomic E-state index is 12.2. The number of aryl methyl sites for hydroxylation is 2. The highest BCUT2D eigenvalue weighted by molar-refractivity contribution is 8.04. The number of rotatable bonds is 6. The van der Waals surface area contributed by atoms with Crippen LogP contribution >= 0.6 is 11.8 Å². The van der Waals surface area contributed by atoms with Crippen LogP contribution in [0.2, 0.25) is 0 Å². The molecule has 1 aliphatic rings. The van der Waals surface area contributed by atoms with Gasteiger partial charge in [-0.25, -0.2) is 19.1 Å². The molecule has 0 saturated carbocycles. The molecule has 3 rings (SSSR count). The highest BCUT2D eigenvalue weighted by Crippen LogP contribution is 2.28. The zero-order valence-electron chi connectivity index (χ0n) is 15.7. The van der Waals surface area contributed by atoms with E-state index < -0.39 is 11.9 Å². The Balaban J connectivity index is 1.55. The lowest BCUT2D eigenvalue weighted by molar-refractivity contribution is -0.134. The van der Waals surface area contributed by atoms with Crippen molar-refractivity contribution in [3.63, 3.8) is 0 Å². The number of carbonyl (C=O) groups excluding carboxylic acids is 3. The number of nitrogens with zero attached hydrogens (tertiary/aromatic N) is 5. The summed E-state index contributed by atoms with van der Waals surface area (Å²) >= 11 is 1.27. The topological polar surface area (TPSA) is 116 Å². The second-order valence-corrected chi connectivity index (χ2v) is 7.01. The van der Waals surface area contributed by atoms with Crippen LogP contribution in [0.4, 0.5) is 0 Å². The van der Waals surface area contributed by atoms with Crippen molar-refractivity contribution in [3.05, 3.63) is 34.4 Å². The summed E-state index contributed by atoms with van der Waals surface area (Å²) in [7, 11) is 1.27. The van der Waals surface area contributed by atoms with E-state index in [1.807, 2.05) is 19.9 Å². The fraction of sp³-hybridized carbons (Fsp3) is 0.412. The van der Waals surface area contributed by atoms with Crippen LogP contribution in [-0.4, -0.2) is 68.3 Å². The lowest BCUT2D eigenvalue weighted by atomic mass is 10.4. The molecule has 28 heavy (non-hydrogen) atoms. The van der Waals surface area contributed by atoms with Crippen molar-refractivity contribution >= 4 is 35.4 Å². The van der Waals surface area contributed by atoms with Crippen LogP contribution in [0.3, 0.4) is 0 Å². The van der Waals surface area contributed by atoms with Gasteiger partial charge in [-0.1, -0.05) is 11.8 Å². The van der Waals surface area contributed by atoms with Crippen LogP contribution in [-0.2, 0) is 19.1 Å². The molecule has 0 spiro atoms. The Labute approximate surface area is 164 Å². The van der Waals surface area contributed by atoms with Gasteiger partial charge >= 0.3 is 11.9 Å². The van der Waals surface area contributed by atoms with Crippen LogP contribution < -0.4 is 0 Å². The molecule has 0 bridgehead atoms. The van der Waals surface area contributed by atoms with Gasteiger partial charge in [-0.3, -0.25) is 4.79 Å². The van der Waals surface area contributed by atoms with E-state index in [-0.39, 0.29) is 24.1 Å². The molecule has 0 aliphatic carbocycles. The number of esters is 2. The number of carbonyl (C=O) groups is 3. The van der Waals surface area contributed by atoms with E-state index in [1.54, 1.807) is 0 Å². The third-order valence-corrected chi connectivity index (χ3v) is 4.94. The van der Waals surface area contributed by atoms with Gasteiger partial charge in [0.25, 0.3) is 11.6 Å². The molecule has 2 aromatic rings. The van der Waals surface area contributed by atoms with Gasteiger partial charge in [0.05, 0.1) is 30.6 Å². The molecule has 0 atom stereocenters. The molecule has 3 heterocycles. The fourth-order valence-electron chi connectivity index (χ4n) is 2.63. The number of thioether (sulfide) groups is 1. The molecule has 1 fully saturated rings. The van der Waals surface area contributed by atoms with Gasteiger partial charge in [-0.15, -0.1) is 5.10 Å². The van der Waals surface area contributed by atoms with Gasteiger partial charge in [0.2, 0.25) is 5.91 Å². The second kappa shape index (κ2) is 8.38.